The molecule has 0 saturated heterocycles. The average molecular weight is 445 g/mol. The van der Waals surface area contributed by atoms with Crippen molar-refractivity contribution < 1.29 is 18.7 Å². The van der Waals surface area contributed by atoms with E-state index < -0.39 is 5.82 Å². The molecule has 0 radical (unpaired) electrons. The molecule has 1 aliphatic heterocycles. The van der Waals surface area contributed by atoms with Gasteiger partial charge in [-0.3, -0.25) is 9.59 Å². The molecule has 4 rings (SSSR count). The lowest BCUT2D eigenvalue weighted by Gasteiger charge is -2.38. The Balaban J connectivity index is 1.52. The highest BCUT2D eigenvalue weighted by Gasteiger charge is 2.38. The molecular formula is C24H29FN2O3S. The molecule has 2 atom stereocenters. The maximum Gasteiger partial charge on any atom is 0.242 e. The summed E-state index contributed by atoms with van der Waals surface area (Å²) >= 11 is 1.68. The fraction of sp³-hybridized carbons (Fsp3) is 0.500. The van der Waals surface area contributed by atoms with Crippen LogP contribution in [0.15, 0.2) is 35.7 Å². The molecule has 0 N–H and O–H groups in total. The summed E-state index contributed by atoms with van der Waals surface area (Å²) in [6.07, 6.45) is 3.43. The first-order valence-corrected chi connectivity index (χ1v) is 11.9. The Bertz CT molecular complexity index is 942. The van der Waals surface area contributed by atoms with Crippen LogP contribution < -0.4 is 4.74 Å². The van der Waals surface area contributed by atoms with E-state index in [1.807, 2.05) is 30.2 Å². The Morgan fingerprint density at radius 3 is 2.77 bits per heavy atom. The normalized spacial score (nSPS) is 18.9. The van der Waals surface area contributed by atoms with Crippen molar-refractivity contribution in [2.75, 3.05) is 19.7 Å². The maximum absolute atomic E-state index is 14.1. The first kappa shape index (κ1) is 21.8. The third-order valence-corrected chi connectivity index (χ3v) is 7.28. The topological polar surface area (TPSA) is 49.9 Å². The molecule has 5 nitrogen and oxygen atoms in total. The van der Waals surface area contributed by atoms with Gasteiger partial charge in [-0.2, -0.15) is 0 Å². The summed E-state index contributed by atoms with van der Waals surface area (Å²) in [4.78, 5) is 31.0. The number of ether oxygens (including phenoxy) is 1. The molecule has 1 aliphatic carbocycles. The van der Waals surface area contributed by atoms with Crippen molar-refractivity contribution in [1.82, 2.24) is 9.80 Å². The summed E-state index contributed by atoms with van der Waals surface area (Å²) in [5, 5.41) is 2.02. The van der Waals surface area contributed by atoms with Gasteiger partial charge in [0.1, 0.15) is 13.2 Å². The Kier molecular flexibility index (Phi) is 6.60. The predicted octanol–water partition coefficient (Wildman–Crippen LogP) is 4.43. The van der Waals surface area contributed by atoms with Gasteiger partial charge >= 0.3 is 0 Å². The van der Waals surface area contributed by atoms with Gasteiger partial charge in [0.2, 0.25) is 11.8 Å². The van der Waals surface area contributed by atoms with E-state index in [2.05, 4.69) is 0 Å². The minimum atomic E-state index is -0.417. The average Bonchev–Trinajstić information content (AvgIpc) is 3.52. The Morgan fingerprint density at radius 2 is 2.06 bits per heavy atom. The SMILES string of the molecule is CC[C@@H](C)N(CC(=O)N1CCc2sccc2[C@H]1COc1ccccc1F)C(=O)C1CC1. The van der Waals surface area contributed by atoms with Gasteiger partial charge in [-0.25, -0.2) is 4.39 Å². The van der Waals surface area contributed by atoms with Gasteiger partial charge in [0.25, 0.3) is 0 Å². The minimum Gasteiger partial charge on any atom is -0.488 e. The lowest BCUT2D eigenvalue weighted by atomic mass is 10.00. The summed E-state index contributed by atoms with van der Waals surface area (Å²) in [7, 11) is 0. The van der Waals surface area contributed by atoms with Crippen molar-refractivity contribution >= 4 is 23.2 Å². The van der Waals surface area contributed by atoms with Crippen LogP contribution in [0.5, 0.6) is 5.75 Å². The molecule has 0 spiro atoms. The molecule has 1 aromatic carbocycles. The number of rotatable bonds is 8. The number of hydrogen-bond acceptors (Lipinski definition) is 4. The summed E-state index contributed by atoms with van der Waals surface area (Å²) in [6, 6.07) is 8.06. The van der Waals surface area contributed by atoms with E-state index in [1.54, 1.807) is 34.4 Å². The van der Waals surface area contributed by atoms with E-state index in [1.165, 1.54) is 10.9 Å². The molecule has 2 heterocycles. The van der Waals surface area contributed by atoms with Crippen LogP contribution in [0.4, 0.5) is 4.39 Å². The summed E-state index contributed by atoms with van der Waals surface area (Å²) in [6.45, 7) is 4.87. The van der Waals surface area contributed by atoms with Crippen LogP contribution >= 0.6 is 11.3 Å². The van der Waals surface area contributed by atoms with Gasteiger partial charge in [0.05, 0.1) is 6.04 Å². The van der Waals surface area contributed by atoms with Crippen LogP contribution in [0.25, 0.3) is 0 Å². The molecule has 166 valence electrons. The fourth-order valence-corrected chi connectivity index (χ4v) is 5.01. The zero-order chi connectivity index (χ0) is 22.0. The first-order valence-electron chi connectivity index (χ1n) is 11.0. The Hall–Kier alpha value is -2.41. The zero-order valence-electron chi connectivity index (χ0n) is 18.1. The standard InChI is InChI=1S/C24H29FN2O3S/c1-3-16(2)27(24(29)17-8-9-17)14-23(28)26-12-10-22-18(11-13-31-22)20(26)15-30-21-7-5-4-6-19(21)25/h4-7,11,13,16-17,20H,3,8-10,12,14-15H2,1-2H3/t16-,20-/m1/s1. The van der Waals surface area contributed by atoms with Crippen LogP contribution in [0, 0.1) is 11.7 Å². The number of thiophene rings is 1. The molecule has 1 saturated carbocycles. The third-order valence-electron chi connectivity index (χ3n) is 6.29. The maximum atomic E-state index is 14.1. The highest BCUT2D eigenvalue weighted by Crippen LogP contribution is 2.35. The monoisotopic (exact) mass is 444 g/mol. The first-order chi connectivity index (χ1) is 15.0. The van der Waals surface area contributed by atoms with Crippen LogP contribution in [0.3, 0.4) is 0 Å². The summed E-state index contributed by atoms with van der Waals surface area (Å²) in [5.41, 5.74) is 1.06. The molecule has 2 aromatic rings. The van der Waals surface area contributed by atoms with Crippen molar-refractivity contribution in [3.05, 3.63) is 52.0 Å². The molecule has 1 aromatic heterocycles. The van der Waals surface area contributed by atoms with Gasteiger partial charge in [-0.1, -0.05) is 19.1 Å². The Morgan fingerprint density at radius 1 is 1.29 bits per heavy atom. The molecule has 0 bridgehead atoms. The van der Waals surface area contributed by atoms with Gasteiger partial charge in [0, 0.05) is 23.4 Å². The van der Waals surface area contributed by atoms with E-state index in [0.29, 0.717) is 6.54 Å². The number of hydrogen-bond donors (Lipinski definition) is 0. The van der Waals surface area contributed by atoms with E-state index in [9.17, 15) is 14.0 Å². The van der Waals surface area contributed by atoms with Crippen LogP contribution in [0.2, 0.25) is 0 Å². The number of benzene rings is 1. The zero-order valence-corrected chi connectivity index (χ0v) is 18.9. The van der Waals surface area contributed by atoms with Gasteiger partial charge in [0.15, 0.2) is 11.6 Å². The van der Waals surface area contributed by atoms with Crippen LogP contribution in [0.1, 0.15) is 49.6 Å². The summed E-state index contributed by atoms with van der Waals surface area (Å²) < 4.78 is 19.9. The quantitative estimate of drug-likeness (QED) is 0.605. The lowest BCUT2D eigenvalue weighted by molar-refractivity contribution is -0.145. The van der Waals surface area contributed by atoms with Crippen molar-refractivity contribution in [3.63, 3.8) is 0 Å². The summed E-state index contributed by atoms with van der Waals surface area (Å²) in [5.74, 6) is -0.141. The number of nitrogens with zero attached hydrogens (tertiary/aromatic N) is 2. The molecule has 1 fully saturated rings. The van der Waals surface area contributed by atoms with Crippen LogP contribution in [-0.4, -0.2) is 47.4 Å². The fourth-order valence-electron chi connectivity index (χ4n) is 4.08. The second kappa shape index (κ2) is 9.39. The van der Waals surface area contributed by atoms with E-state index in [4.69, 9.17) is 4.74 Å². The molecular weight excluding hydrogens is 415 g/mol. The van der Waals surface area contributed by atoms with Crippen molar-refractivity contribution in [2.45, 2.75) is 51.6 Å². The highest BCUT2D eigenvalue weighted by molar-refractivity contribution is 7.10. The molecule has 7 heteroatoms. The number of carbonyl (C=O) groups is 2. The van der Waals surface area contributed by atoms with Crippen molar-refractivity contribution in [3.8, 4) is 5.75 Å². The molecule has 2 amide bonds. The smallest absolute Gasteiger partial charge is 0.242 e. The lowest BCUT2D eigenvalue weighted by Crippen LogP contribution is -2.50. The number of para-hydroxylation sites is 1. The van der Waals surface area contributed by atoms with E-state index >= 15 is 0 Å². The van der Waals surface area contributed by atoms with Gasteiger partial charge in [-0.05, 0) is 61.7 Å². The second-order valence-electron chi connectivity index (χ2n) is 8.39. The van der Waals surface area contributed by atoms with Crippen molar-refractivity contribution in [1.29, 1.82) is 0 Å². The number of amides is 2. The predicted molar refractivity (Wildman–Crippen MR) is 119 cm³/mol. The van der Waals surface area contributed by atoms with Gasteiger partial charge in [-0.15, -0.1) is 11.3 Å². The van der Waals surface area contributed by atoms with Crippen LogP contribution in [-0.2, 0) is 16.0 Å². The van der Waals surface area contributed by atoms with E-state index in [-0.39, 0.29) is 48.7 Å². The third kappa shape index (κ3) is 4.76. The van der Waals surface area contributed by atoms with Crippen molar-refractivity contribution in [2.24, 2.45) is 5.92 Å². The number of carbonyl (C=O) groups excluding carboxylic acids is 2. The number of halogens is 1. The molecule has 31 heavy (non-hydrogen) atoms. The Labute approximate surface area is 186 Å². The second-order valence-corrected chi connectivity index (χ2v) is 9.39. The van der Waals surface area contributed by atoms with E-state index in [0.717, 1.165) is 31.2 Å². The highest BCUT2D eigenvalue weighted by atomic mass is 32.1. The molecule has 2 aliphatic rings. The minimum absolute atomic E-state index is 0.0201. The largest absolute Gasteiger partial charge is 0.488 e. The number of fused-ring (bicyclic) bond motifs is 1. The van der Waals surface area contributed by atoms with Gasteiger partial charge < -0.3 is 14.5 Å². The molecule has 0 unspecified atom stereocenters.